The first-order valence-corrected chi connectivity index (χ1v) is 8.99. The first kappa shape index (κ1) is 16.7. The van der Waals surface area contributed by atoms with Crippen LogP contribution in [0.2, 0.25) is 0 Å². The second-order valence-corrected chi connectivity index (χ2v) is 6.49. The highest BCUT2D eigenvalue weighted by atomic mass is 16.2. The Morgan fingerprint density at radius 1 is 1.25 bits per heavy atom. The summed E-state index contributed by atoms with van der Waals surface area (Å²) in [4.78, 5) is 19.8. The Balaban J connectivity index is 1.83. The van der Waals surface area contributed by atoms with Crippen LogP contribution in [-0.4, -0.2) is 31.6 Å². The van der Waals surface area contributed by atoms with Crippen LogP contribution in [0.1, 0.15) is 57.2 Å². The van der Waals surface area contributed by atoms with Gasteiger partial charge in [0.25, 0.3) is 0 Å². The number of aromatic nitrogens is 3. The summed E-state index contributed by atoms with van der Waals surface area (Å²) >= 11 is 0. The number of pyridine rings is 1. The van der Waals surface area contributed by atoms with Crippen molar-refractivity contribution in [2.75, 3.05) is 0 Å². The zero-order valence-corrected chi connectivity index (χ0v) is 14.3. The van der Waals surface area contributed by atoms with Crippen molar-refractivity contribution in [3.63, 3.8) is 0 Å². The standard InChI is InChI=1S/C19H26N4O/c1-2-18(23-14-8-13-21-23)19(24)22(17-10-4-3-5-11-17)15-16-9-6-7-12-20-16/h6-9,12-14,17-18H,2-5,10-11,15H2,1H3/t18-/m0/s1. The van der Waals surface area contributed by atoms with E-state index < -0.39 is 0 Å². The smallest absolute Gasteiger partial charge is 0.248 e. The number of hydrogen-bond acceptors (Lipinski definition) is 3. The van der Waals surface area contributed by atoms with Crippen molar-refractivity contribution in [3.05, 3.63) is 48.5 Å². The topological polar surface area (TPSA) is 51.0 Å². The van der Waals surface area contributed by atoms with Gasteiger partial charge >= 0.3 is 0 Å². The molecule has 2 aromatic heterocycles. The van der Waals surface area contributed by atoms with Crippen LogP contribution < -0.4 is 0 Å². The van der Waals surface area contributed by atoms with E-state index in [0.717, 1.165) is 25.0 Å². The molecule has 0 aliphatic heterocycles. The number of amides is 1. The fraction of sp³-hybridized carbons (Fsp3) is 0.526. The molecule has 1 aliphatic carbocycles. The molecule has 1 fully saturated rings. The summed E-state index contributed by atoms with van der Waals surface area (Å²) in [6.07, 6.45) is 12.0. The van der Waals surface area contributed by atoms with E-state index >= 15 is 0 Å². The number of rotatable bonds is 6. The minimum absolute atomic E-state index is 0.166. The van der Waals surface area contributed by atoms with Crippen molar-refractivity contribution in [1.82, 2.24) is 19.7 Å². The molecule has 128 valence electrons. The Labute approximate surface area is 143 Å². The quantitative estimate of drug-likeness (QED) is 0.815. The first-order valence-electron chi connectivity index (χ1n) is 8.99. The van der Waals surface area contributed by atoms with E-state index in [-0.39, 0.29) is 11.9 Å². The average molecular weight is 326 g/mol. The second kappa shape index (κ2) is 8.08. The number of carbonyl (C=O) groups is 1. The highest BCUT2D eigenvalue weighted by Gasteiger charge is 2.31. The molecule has 1 saturated carbocycles. The Morgan fingerprint density at radius 2 is 2.08 bits per heavy atom. The summed E-state index contributed by atoms with van der Waals surface area (Å²) in [5, 5.41) is 4.30. The second-order valence-electron chi connectivity index (χ2n) is 6.49. The summed E-state index contributed by atoms with van der Waals surface area (Å²) in [6.45, 7) is 2.63. The van der Waals surface area contributed by atoms with Crippen LogP contribution in [0.25, 0.3) is 0 Å². The largest absolute Gasteiger partial charge is 0.332 e. The van der Waals surface area contributed by atoms with Crippen molar-refractivity contribution in [2.45, 2.75) is 64.1 Å². The molecule has 1 aliphatic rings. The Bertz CT molecular complexity index is 620. The molecule has 0 unspecified atom stereocenters. The molecule has 3 rings (SSSR count). The zero-order chi connectivity index (χ0) is 16.8. The van der Waals surface area contributed by atoms with Crippen molar-refractivity contribution in [2.24, 2.45) is 0 Å². The number of hydrogen-bond donors (Lipinski definition) is 0. The lowest BCUT2D eigenvalue weighted by Gasteiger charge is -2.36. The third kappa shape index (κ3) is 3.83. The van der Waals surface area contributed by atoms with Gasteiger partial charge in [-0.05, 0) is 37.5 Å². The van der Waals surface area contributed by atoms with Gasteiger partial charge in [0.15, 0.2) is 0 Å². The van der Waals surface area contributed by atoms with Gasteiger partial charge in [0.05, 0.1) is 12.2 Å². The Kier molecular flexibility index (Phi) is 5.62. The van der Waals surface area contributed by atoms with Gasteiger partial charge in [0, 0.05) is 24.6 Å². The molecule has 5 heteroatoms. The van der Waals surface area contributed by atoms with Gasteiger partial charge in [-0.2, -0.15) is 5.10 Å². The molecule has 0 bridgehead atoms. The summed E-state index contributed by atoms with van der Waals surface area (Å²) in [6, 6.07) is 7.85. The fourth-order valence-electron chi connectivity index (χ4n) is 3.58. The normalized spacial score (nSPS) is 16.7. The molecular weight excluding hydrogens is 300 g/mol. The van der Waals surface area contributed by atoms with Crippen molar-refractivity contribution in [1.29, 1.82) is 0 Å². The van der Waals surface area contributed by atoms with Crippen molar-refractivity contribution < 1.29 is 4.79 Å². The van der Waals surface area contributed by atoms with Gasteiger partial charge in [0.1, 0.15) is 6.04 Å². The lowest BCUT2D eigenvalue weighted by Crippen LogP contribution is -2.44. The van der Waals surface area contributed by atoms with E-state index in [2.05, 4.69) is 15.0 Å². The van der Waals surface area contributed by atoms with Crippen molar-refractivity contribution >= 4 is 5.91 Å². The van der Waals surface area contributed by atoms with Crippen LogP contribution in [-0.2, 0) is 11.3 Å². The van der Waals surface area contributed by atoms with Gasteiger partial charge in [-0.3, -0.25) is 14.5 Å². The maximum absolute atomic E-state index is 13.3. The van der Waals surface area contributed by atoms with Gasteiger partial charge < -0.3 is 4.90 Å². The summed E-state index contributed by atoms with van der Waals surface area (Å²) in [5.74, 6) is 0.166. The van der Waals surface area contributed by atoms with Crippen LogP contribution in [0.5, 0.6) is 0 Å². The maximum atomic E-state index is 13.3. The Morgan fingerprint density at radius 3 is 2.71 bits per heavy atom. The van der Waals surface area contributed by atoms with Crippen LogP contribution in [0.3, 0.4) is 0 Å². The summed E-state index contributed by atoms with van der Waals surface area (Å²) < 4.78 is 1.79. The lowest BCUT2D eigenvalue weighted by molar-refractivity contribution is -0.139. The predicted octanol–water partition coefficient (Wildman–Crippen LogP) is 3.59. The maximum Gasteiger partial charge on any atom is 0.248 e. The van der Waals surface area contributed by atoms with E-state index in [1.165, 1.54) is 19.3 Å². The third-order valence-corrected chi connectivity index (χ3v) is 4.87. The monoisotopic (exact) mass is 326 g/mol. The molecule has 0 spiro atoms. The molecule has 0 radical (unpaired) electrons. The molecule has 1 amide bonds. The number of carbonyl (C=O) groups excluding carboxylic acids is 1. The van der Waals surface area contributed by atoms with Crippen LogP contribution in [0, 0.1) is 0 Å². The van der Waals surface area contributed by atoms with Gasteiger partial charge in [0.2, 0.25) is 5.91 Å². The highest BCUT2D eigenvalue weighted by Crippen LogP contribution is 2.27. The minimum atomic E-state index is -0.231. The molecule has 2 heterocycles. The van der Waals surface area contributed by atoms with E-state index in [9.17, 15) is 4.79 Å². The molecule has 1 atom stereocenters. The van der Waals surface area contributed by atoms with E-state index in [1.54, 1.807) is 17.1 Å². The first-order chi connectivity index (χ1) is 11.8. The van der Waals surface area contributed by atoms with Gasteiger partial charge in [-0.25, -0.2) is 0 Å². The molecule has 0 N–H and O–H groups in total. The summed E-state index contributed by atoms with van der Waals surface area (Å²) in [7, 11) is 0. The van der Waals surface area contributed by atoms with Crippen molar-refractivity contribution in [3.8, 4) is 0 Å². The van der Waals surface area contributed by atoms with E-state index in [0.29, 0.717) is 12.6 Å². The minimum Gasteiger partial charge on any atom is -0.332 e. The van der Waals surface area contributed by atoms with Gasteiger partial charge in [-0.1, -0.05) is 32.3 Å². The third-order valence-electron chi connectivity index (χ3n) is 4.87. The lowest BCUT2D eigenvalue weighted by atomic mass is 9.93. The van der Waals surface area contributed by atoms with Crippen LogP contribution in [0.4, 0.5) is 0 Å². The predicted molar refractivity (Wildman–Crippen MR) is 93.2 cm³/mol. The van der Waals surface area contributed by atoms with Crippen LogP contribution in [0.15, 0.2) is 42.9 Å². The molecular formula is C19H26N4O. The molecule has 2 aromatic rings. The SMILES string of the molecule is CC[C@@H](C(=O)N(Cc1ccccn1)C1CCCCC1)n1cccn1. The molecule has 0 saturated heterocycles. The zero-order valence-electron chi connectivity index (χ0n) is 14.3. The van der Waals surface area contributed by atoms with Crippen LogP contribution >= 0.6 is 0 Å². The van der Waals surface area contributed by atoms with E-state index in [4.69, 9.17) is 0 Å². The Hall–Kier alpha value is -2.17. The fourth-order valence-corrected chi connectivity index (χ4v) is 3.58. The van der Waals surface area contributed by atoms with Gasteiger partial charge in [-0.15, -0.1) is 0 Å². The highest BCUT2D eigenvalue weighted by molar-refractivity contribution is 5.80. The molecule has 5 nitrogen and oxygen atoms in total. The molecule has 0 aromatic carbocycles. The summed E-state index contributed by atoms with van der Waals surface area (Å²) in [5.41, 5.74) is 0.951. The van der Waals surface area contributed by atoms with E-state index in [1.807, 2.05) is 37.4 Å². The number of nitrogens with zero attached hydrogens (tertiary/aromatic N) is 4. The average Bonchev–Trinajstić information content (AvgIpc) is 3.16. The molecule has 24 heavy (non-hydrogen) atoms.